The molecule has 1 heterocycles. The molecule has 0 saturated carbocycles. The molecule has 0 aromatic carbocycles. The Morgan fingerprint density at radius 3 is 2.39 bits per heavy atom. The Morgan fingerprint density at radius 2 is 1.94 bits per heavy atom. The zero-order chi connectivity index (χ0) is 13.8. The fourth-order valence-corrected chi connectivity index (χ4v) is 2.64. The lowest BCUT2D eigenvalue weighted by atomic mass is 9.89. The largest absolute Gasteiger partial charge is 0.354 e. The predicted octanol–water partition coefficient (Wildman–Crippen LogP) is 1.22. The van der Waals surface area contributed by atoms with Gasteiger partial charge >= 0.3 is 0 Å². The molecule has 0 aromatic rings. The molecule has 0 radical (unpaired) electrons. The highest BCUT2D eigenvalue weighted by atomic mass is 16.2. The average Bonchev–Trinajstić information content (AvgIpc) is 2.71. The van der Waals surface area contributed by atoms with Crippen LogP contribution in [-0.2, 0) is 4.79 Å². The van der Waals surface area contributed by atoms with E-state index in [1.807, 2.05) is 6.92 Å². The van der Waals surface area contributed by atoms with Crippen molar-refractivity contribution in [1.82, 2.24) is 15.5 Å². The Bertz CT molecular complexity index is 262. The summed E-state index contributed by atoms with van der Waals surface area (Å²) in [4.78, 5) is 14.5. The number of carbonyl (C=O) groups is 1. The van der Waals surface area contributed by atoms with Crippen molar-refractivity contribution in [1.29, 1.82) is 0 Å². The first kappa shape index (κ1) is 15.4. The van der Waals surface area contributed by atoms with Gasteiger partial charge in [-0.3, -0.25) is 9.69 Å². The van der Waals surface area contributed by atoms with Crippen LogP contribution in [0.2, 0.25) is 0 Å². The zero-order valence-electron chi connectivity index (χ0n) is 12.5. The Labute approximate surface area is 111 Å². The maximum atomic E-state index is 12.1. The summed E-state index contributed by atoms with van der Waals surface area (Å²) in [6.45, 7) is 14.3. The fraction of sp³-hybridized carbons (Fsp3) is 0.929. The standard InChI is InChI=1S/C14H29N3O/c1-11(2)17(12(3)4)9-8-16-13(18)14(5)6-7-15-10-14/h11-12,15H,6-10H2,1-5H3,(H,16,18). The summed E-state index contributed by atoms with van der Waals surface area (Å²) in [5, 5.41) is 6.34. The fourth-order valence-electron chi connectivity index (χ4n) is 2.64. The minimum absolute atomic E-state index is 0.194. The second kappa shape index (κ2) is 6.53. The van der Waals surface area contributed by atoms with Gasteiger partial charge in [0.2, 0.25) is 5.91 Å². The van der Waals surface area contributed by atoms with Crippen LogP contribution >= 0.6 is 0 Å². The smallest absolute Gasteiger partial charge is 0.227 e. The van der Waals surface area contributed by atoms with Crippen molar-refractivity contribution in [3.63, 3.8) is 0 Å². The minimum atomic E-state index is -0.208. The summed E-state index contributed by atoms with van der Waals surface area (Å²) in [6, 6.07) is 1.04. The Morgan fingerprint density at radius 1 is 1.33 bits per heavy atom. The maximum Gasteiger partial charge on any atom is 0.227 e. The summed E-state index contributed by atoms with van der Waals surface area (Å²) in [7, 11) is 0. The van der Waals surface area contributed by atoms with Crippen LogP contribution in [0.1, 0.15) is 41.0 Å². The van der Waals surface area contributed by atoms with Crippen LogP contribution in [0.4, 0.5) is 0 Å². The molecule has 1 aliphatic heterocycles. The molecule has 1 rings (SSSR count). The van der Waals surface area contributed by atoms with Gasteiger partial charge in [0.05, 0.1) is 5.41 Å². The van der Waals surface area contributed by atoms with E-state index in [0.717, 1.165) is 32.6 Å². The lowest BCUT2D eigenvalue weighted by Crippen LogP contribution is -2.46. The van der Waals surface area contributed by atoms with Gasteiger partial charge in [0.1, 0.15) is 0 Å². The van der Waals surface area contributed by atoms with E-state index in [9.17, 15) is 4.79 Å². The Hall–Kier alpha value is -0.610. The second-order valence-corrected chi connectivity index (χ2v) is 6.17. The van der Waals surface area contributed by atoms with Crippen LogP contribution in [0.5, 0.6) is 0 Å². The summed E-state index contributed by atoms with van der Waals surface area (Å²) < 4.78 is 0. The molecule has 0 bridgehead atoms. The third kappa shape index (κ3) is 3.95. The molecular weight excluding hydrogens is 226 g/mol. The number of hydrogen-bond acceptors (Lipinski definition) is 3. The molecular formula is C14H29N3O. The van der Waals surface area contributed by atoms with Crippen LogP contribution in [-0.4, -0.2) is 49.1 Å². The first-order chi connectivity index (χ1) is 8.37. The number of hydrogen-bond donors (Lipinski definition) is 2. The monoisotopic (exact) mass is 255 g/mol. The third-order valence-electron chi connectivity index (χ3n) is 3.90. The van der Waals surface area contributed by atoms with Crippen LogP contribution in [0.25, 0.3) is 0 Å². The minimum Gasteiger partial charge on any atom is -0.354 e. The molecule has 1 amide bonds. The molecule has 1 saturated heterocycles. The van der Waals surface area contributed by atoms with Crippen LogP contribution in [0.15, 0.2) is 0 Å². The lowest BCUT2D eigenvalue weighted by Gasteiger charge is -2.31. The van der Waals surface area contributed by atoms with E-state index in [2.05, 4.69) is 43.2 Å². The van der Waals surface area contributed by atoms with Gasteiger partial charge in [-0.1, -0.05) is 0 Å². The van der Waals surface area contributed by atoms with Crippen LogP contribution in [0, 0.1) is 5.41 Å². The quantitative estimate of drug-likeness (QED) is 0.750. The topological polar surface area (TPSA) is 44.4 Å². The lowest BCUT2D eigenvalue weighted by molar-refractivity contribution is -0.129. The van der Waals surface area contributed by atoms with E-state index in [4.69, 9.17) is 0 Å². The van der Waals surface area contributed by atoms with Crippen molar-refractivity contribution in [3.8, 4) is 0 Å². The van der Waals surface area contributed by atoms with Gasteiger partial charge in [-0.05, 0) is 47.6 Å². The highest BCUT2D eigenvalue weighted by Gasteiger charge is 2.35. The number of amides is 1. The molecule has 1 fully saturated rings. The van der Waals surface area contributed by atoms with Gasteiger partial charge in [0.25, 0.3) is 0 Å². The van der Waals surface area contributed by atoms with Crippen molar-refractivity contribution < 1.29 is 4.79 Å². The molecule has 4 heteroatoms. The number of rotatable bonds is 6. The van der Waals surface area contributed by atoms with Crippen molar-refractivity contribution >= 4 is 5.91 Å². The van der Waals surface area contributed by atoms with Gasteiger partial charge in [0, 0.05) is 31.7 Å². The number of nitrogens with one attached hydrogen (secondary N) is 2. The van der Waals surface area contributed by atoms with Gasteiger partial charge in [-0.2, -0.15) is 0 Å². The highest BCUT2D eigenvalue weighted by Crippen LogP contribution is 2.24. The molecule has 2 N–H and O–H groups in total. The highest BCUT2D eigenvalue weighted by molar-refractivity contribution is 5.82. The van der Waals surface area contributed by atoms with Crippen LogP contribution in [0.3, 0.4) is 0 Å². The van der Waals surface area contributed by atoms with E-state index in [0.29, 0.717) is 12.1 Å². The molecule has 1 atom stereocenters. The van der Waals surface area contributed by atoms with Crippen LogP contribution < -0.4 is 10.6 Å². The number of nitrogens with zero attached hydrogens (tertiary/aromatic N) is 1. The van der Waals surface area contributed by atoms with Crippen molar-refractivity contribution in [2.24, 2.45) is 5.41 Å². The van der Waals surface area contributed by atoms with Gasteiger partial charge < -0.3 is 10.6 Å². The zero-order valence-corrected chi connectivity index (χ0v) is 12.5. The van der Waals surface area contributed by atoms with Gasteiger partial charge in [-0.15, -0.1) is 0 Å². The van der Waals surface area contributed by atoms with E-state index in [-0.39, 0.29) is 11.3 Å². The van der Waals surface area contributed by atoms with E-state index in [1.165, 1.54) is 0 Å². The molecule has 0 aromatic heterocycles. The SMILES string of the molecule is CC(C)N(CCNC(=O)C1(C)CCNC1)C(C)C. The van der Waals surface area contributed by atoms with Crippen molar-refractivity contribution in [3.05, 3.63) is 0 Å². The third-order valence-corrected chi connectivity index (χ3v) is 3.90. The second-order valence-electron chi connectivity index (χ2n) is 6.17. The molecule has 1 aliphatic rings. The first-order valence-electron chi connectivity index (χ1n) is 7.11. The molecule has 4 nitrogen and oxygen atoms in total. The average molecular weight is 255 g/mol. The van der Waals surface area contributed by atoms with Gasteiger partial charge in [0.15, 0.2) is 0 Å². The molecule has 1 unspecified atom stereocenters. The maximum absolute atomic E-state index is 12.1. The summed E-state index contributed by atoms with van der Waals surface area (Å²) in [5.41, 5.74) is -0.208. The summed E-state index contributed by atoms with van der Waals surface area (Å²) in [6.07, 6.45) is 0.941. The van der Waals surface area contributed by atoms with E-state index < -0.39 is 0 Å². The van der Waals surface area contributed by atoms with Crippen molar-refractivity contribution in [2.45, 2.75) is 53.1 Å². The van der Waals surface area contributed by atoms with E-state index >= 15 is 0 Å². The number of carbonyl (C=O) groups excluding carboxylic acids is 1. The van der Waals surface area contributed by atoms with E-state index in [1.54, 1.807) is 0 Å². The molecule has 18 heavy (non-hydrogen) atoms. The first-order valence-corrected chi connectivity index (χ1v) is 7.11. The normalized spacial score (nSPS) is 24.2. The van der Waals surface area contributed by atoms with Gasteiger partial charge in [-0.25, -0.2) is 0 Å². The van der Waals surface area contributed by atoms with Crippen molar-refractivity contribution in [2.75, 3.05) is 26.2 Å². The predicted molar refractivity (Wildman–Crippen MR) is 75.6 cm³/mol. The molecule has 106 valence electrons. The Kier molecular flexibility index (Phi) is 5.60. The Balaban J connectivity index is 2.34. The molecule has 0 aliphatic carbocycles. The summed E-state index contributed by atoms with van der Waals surface area (Å²) in [5.74, 6) is 0.194. The molecule has 0 spiro atoms. The summed E-state index contributed by atoms with van der Waals surface area (Å²) >= 11 is 0.